The van der Waals surface area contributed by atoms with Crippen molar-refractivity contribution in [3.8, 4) is 0 Å². The van der Waals surface area contributed by atoms with Crippen LogP contribution in [0.4, 0.5) is 0 Å². The molecule has 0 aromatic carbocycles. The third-order valence-electron chi connectivity index (χ3n) is 1.78. The lowest BCUT2D eigenvalue weighted by Gasteiger charge is -2.20. The maximum Gasteiger partial charge on any atom is 0.328 e. The SMILES string of the molecule is CC(C)(NC(=O)c1occc1Cl)C(=O)O. The number of nitrogens with one attached hydrogen (secondary N) is 1. The standard InChI is InChI=1S/C9H10ClNO4/c1-9(2,8(13)14)11-7(12)6-5(10)3-4-15-6/h3-4H,1-2H3,(H,11,12)(H,13,14). The van der Waals surface area contributed by atoms with Crippen LogP contribution in [0.5, 0.6) is 0 Å². The zero-order chi connectivity index (χ0) is 11.6. The average molecular weight is 232 g/mol. The quantitative estimate of drug-likeness (QED) is 0.827. The summed E-state index contributed by atoms with van der Waals surface area (Å²) < 4.78 is 4.81. The van der Waals surface area contributed by atoms with Gasteiger partial charge in [0.1, 0.15) is 5.54 Å². The maximum absolute atomic E-state index is 11.5. The van der Waals surface area contributed by atoms with Gasteiger partial charge in [-0.15, -0.1) is 0 Å². The highest BCUT2D eigenvalue weighted by Gasteiger charge is 2.30. The second kappa shape index (κ2) is 3.94. The predicted octanol–water partition coefficient (Wildman–Crippen LogP) is 1.53. The van der Waals surface area contributed by atoms with Gasteiger partial charge in [0.2, 0.25) is 5.76 Å². The molecule has 0 aliphatic rings. The Labute approximate surface area is 91.0 Å². The number of carbonyl (C=O) groups excluding carboxylic acids is 1. The molecule has 0 atom stereocenters. The van der Waals surface area contributed by atoms with Crippen LogP contribution in [-0.4, -0.2) is 22.5 Å². The summed E-state index contributed by atoms with van der Waals surface area (Å²) in [6, 6.07) is 1.41. The van der Waals surface area contributed by atoms with Gasteiger partial charge in [0, 0.05) is 0 Å². The van der Waals surface area contributed by atoms with E-state index in [1.807, 2.05) is 0 Å². The molecule has 0 saturated carbocycles. The molecule has 15 heavy (non-hydrogen) atoms. The first kappa shape index (κ1) is 11.6. The van der Waals surface area contributed by atoms with Gasteiger partial charge in [0.25, 0.3) is 5.91 Å². The molecular weight excluding hydrogens is 222 g/mol. The first-order chi connectivity index (χ1) is 6.84. The Kier molecular flexibility index (Phi) is 3.04. The van der Waals surface area contributed by atoms with Crippen molar-refractivity contribution in [2.24, 2.45) is 0 Å². The van der Waals surface area contributed by atoms with Crippen molar-refractivity contribution >= 4 is 23.5 Å². The molecule has 1 aromatic heterocycles. The average Bonchev–Trinajstić information content (AvgIpc) is 2.50. The fourth-order valence-electron chi connectivity index (χ4n) is 0.850. The molecule has 5 nitrogen and oxygen atoms in total. The van der Waals surface area contributed by atoms with Gasteiger partial charge >= 0.3 is 5.97 Å². The molecule has 0 fully saturated rings. The second-order valence-corrected chi connectivity index (χ2v) is 3.89. The molecule has 0 aliphatic carbocycles. The summed E-state index contributed by atoms with van der Waals surface area (Å²) in [5.41, 5.74) is -1.37. The normalized spacial score (nSPS) is 11.1. The van der Waals surface area contributed by atoms with Crippen LogP contribution >= 0.6 is 11.6 Å². The number of carboxylic acids is 1. The summed E-state index contributed by atoms with van der Waals surface area (Å²) in [4.78, 5) is 22.2. The number of hydrogen-bond acceptors (Lipinski definition) is 3. The Morgan fingerprint density at radius 2 is 2.13 bits per heavy atom. The van der Waals surface area contributed by atoms with E-state index in [0.29, 0.717) is 0 Å². The monoisotopic (exact) mass is 231 g/mol. The minimum atomic E-state index is -1.37. The van der Waals surface area contributed by atoms with Crippen LogP contribution < -0.4 is 5.32 Å². The Hall–Kier alpha value is -1.49. The number of carbonyl (C=O) groups is 2. The molecule has 1 amide bonds. The summed E-state index contributed by atoms with van der Waals surface area (Å²) in [6.07, 6.45) is 1.25. The molecule has 0 radical (unpaired) electrons. The summed E-state index contributed by atoms with van der Waals surface area (Å²) in [5, 5.41) is 11.2. The van der Waals surface area contributed by atoms with E-state index in [9.17, 15) is 9.59 Å². The zero-order valence-electron chi connectivity index (χ0n) is 8.20. The van der Waals surface area contributed by atoms with Crippen LogP contribution in [0.3, 0.4) is 0 Å². The zero-order valence-corrected chi connectivity index (χ0v) is 8.96. The van der Waals surface area contributed by atoms with Crippen molar-refractivity contribution in [3.05, 3.63) is 23.1 Å². The largest absolute Gasteiger partial charge is 0.480 e. The van der Waals surface area contributed by atoms with Gasteiger partial charge in [-0.05, 0) is 19.9 Å². The number of rotatable bonds is 3. The maximum atomic E-state index is 11.5. The van der Waals surface area contributed by atoms with Crippen molar-refractivity contribution in [1.29, 1.82) is 0 Å². The molecule has 1 heterocycles. The van der Waals surface area contributed by atoms with Gasteiger partial charge in [-0.1, -0.05) is 11.6 Å². The summed E-state index contributed by atoms with van der Waals surface area (Å²) >= 11 is 5.64. The predicted molar refractivity (Wildman–Crippen MR) is 52.9 cm³/mol. The molecule has 82 valence electrons. The van der Waals surface area contributed by atoms with Crippen molar-refractivity contribution < 1.29 is 19.1 Å². The Morgan fingerprint density at radius 3 is 2.53 bits per heavy atom. The number of furan rings is 1. The van der Waals surface area contributed by atoms with E-state index in [1.54, 1.807) is 0 Å². The molecule has 1 aromatic rings. The highest BCUT2D eigenvalue weighted by molar-refractivity contribution is 6.33. The third-order valence-corrected chi connectivity index (χ3v) is 2.08. The molecule has 0 bridgehead atoms. The highest BCUT2D eigenvalue weighted by Crippen LogP contribution is 2.17. The lowest BCUT2D eigenvalue weighted by atomic mass is 10.1. The Bertz CT molecular complexity index is 397. The topological polar surface area (TPSA) is 79.5 Å². The van der Waals surface area contributed by atoms with Crippen molar-refractivity contribution in [2.45, 2.75) is 19.4 Å². The lowest BCUT2D eigenvalue weighted by molar-refractivity contribution is -0.143. The van der Waals surface area contributed by atoms with Crippen LogP contribution in [0.2, 0.25) is 5.02 Å². The molecule has 0 saturated heterocycles. The molecule has 1 rings (SSSR count). The fraction of sp³-hybridized carbons (Fsp3) is 0.333. The van der Waals surface area contributed by atoms with Crippen LogP contribution in [-0.2, 0) is 4.79 Å². The minimum absolute atomic E-state index is 0.0917. The molecule has 0 spiro atoms. The number of aliphatic carboxylic acids is 1. The highest BCUT2D eigenvalue weighted by atomic mass is 35.5. The number of carboxylic acid groups (broad SMARTS) is 1. The smallest absolute Gasteiger partial charge is 0.328 e. The van der Waals surface area contributed by atoms with E-state index in [-0.39, 0.29) is 10.8 Å². The van der Waals surface area contributed by atoms with Crippen molar-refractivity contribution in [2.75, 3.05) is 0 Å². The van der Waals surface area contributed by atoms with Gasteiger partial charge in [-0.25, -0.2) is 4.79 Å². The van der Waals surface area contributed by atoms with Crippen LogP contribution in [0.25, 0.3) is 0 Å². The summed E-state index contributed by atoms with van der Waals surface area (Å²) in [7, 11) is 0. The van der Waals surface area contributed by atoms with E-state index in [0.717, 1.165) is 0 Å². The van der Waals surface area contributed by atoms with Gasteiger partial charge in [-0.2, -0.15) is 0 Å². The summed E-state index contributed by atoms with van der Waals surface area (Å²) in [5.74, 6) is -1.89. The minimum Gasteiger partial charge on any atom is -0.480 e. The van der Waals surface area contributed by atoms with Gasteiger partial charge < -0.3 is 14.8 Å². The second-order valence-electron chi connectivity index (χ2n) is 3.48. The Morgan fingerprint density at radius 1 is 1.53 bits per heavy atom. The number of halogens is 1. The summed E-state index contributed by atoms with van der Waals surface area (Å²) in [6.45, 7) is 2.73. The van der Waals surface area contributed by atoms with Crippen molar-refractivity contribution in [1.82, 2.24) is 5.32 Å². The van der Waals surface area contributed by atoms with Crippen LogP contribution in [0, 0.1) is 0 Å². The van der Waals surface area contributed by atoms with Gasteiger partial charge in [0.05, 0.1) is 11.3 Å². The lowest BCUT2D eigenvalue weighted by Crippen LogP contribution is -2.49. The third kappa shape index (κ3) is 2.50. The van der Waals surface area contributed by atoms with Crippen molar-refractivity contribution in [3.63, 3.8) is 0 Å². The first-order valence-electron chi connectivity index (χ1n) is 4.13. The van der Waals surface area contributed by atoms with E-state index >= 15 is 0 Å². The molecule has 6 heteroatoms. The first-order valence-corrected chi connectivity index (χ1v) is 4.51. The van der Waals surface area contributed by atoms with E-state index in [4.69, 9.17) is 21.1 Å². The molecule has 2 N–H and O–H groups in total. The van der Waals surface area contributed by atoms with Crippen LogP contribution in [0.1, 0.15) is 24.4 Å². The van der Waals surface area contributed by atoms with Gasteiger partial charge in [0.15, 0.2) is 0 Å². The number of amides is 1. The van der Waals surface area contributed by atoms with E-state index in [2.05, 4.69) is 5.32 Å². The fourth-order valence-corrected chi connectivity index (χ4v) is 1.03. The number of hydrogen-bond donors (Lipinski definition) is 2. The van der Waals surface area contributed by atoms with E-state index in [1.165, 1.54) is 26.2 Å². The van der Waals surface area contributed by atoms with Gasteiger partial charge in [-0.3, -0.25) is 4.79 Å². The molecular formula is C9H10ClNO4. The molecule has 0 aliphatic heterocycles. The van der Waals surface area contributed by atoms with E-state index < -0.39 is 17.4 Å². The Balaban J connectivity index is 2.81. The molecule has 0 unspecified atom stereocenters. The van der Waals surface area contributed by atoms with Crippen LogP contribution in [0.15, 0.2) is 16.7 Å².